The molecule has 0 saturated heterocycles. The van der Waals surface area contributed by atoms with Gasteiger partial charge in [0.05, 0.1) is 11.5 Å². The molecule has 1 aromatic rings. The van der Waals surface area contributed by atoms with Gasteiger partial charge < -0.3 is 15.8 Å². The molecule has 0 radical (unpaired) electrons. The number of nitrogens with two attached hydrogens (primary N) is 1. The minimum absolute atomic E-state index is 0. The van der Waals surface area contributed by atoms with Crippen molar-refractivity contribution in [2.45, 2.75) is 10.9 Å². The van der Waals surface area contributed by atoms with Gasteiger partial charge >= 0.3 is 0 Å². The molecule has 22 heavy (non-hydrogen) atoms. The molecule has 10 heteroatoms. The molecule has 0 saturated carbocycles. The average Bonchev–Trinajstić information content (AvgIpc) is 2.43. The third kappa shape index (κ3) is 6.91. The van der Waals surface area contributed by atoms with Crippen molar-refractivity contribution < 1.29 is 17.9 Å². The summed E-state index contributed by atoms with van der Waals surface area (Å²) >= 11 is 5.74. The molecule has 7 nitrogen and oxygen atoms in total. The van der Waals surface area contributed by atoms with Crippen LogP contribution >= 0.6 is 24.0 Å². The lowest BCUT2D eigenvalue weighted by molar-refractivity contribution is -0.123. The van der Waals surface area contributed by atoms with Gasteiger partial charge in [-0.2, -0.15) is 0 Å². The van der Waals surface area contributed by atoms with Gasteiger partial charge in [0.25, 0.3) is 0 Å². The second-order valence-electron chi connectivity index (χ2n) is 4.21. The van der Waals surface area contributed by atoms with E-state index in [0.717, 1.165) is 0 Å². The molecule has 1 amide bonds. The molecular weight excluding hydrogens is 353 g/mol. The lowest BCUT2D eigenvalue weighted by Gasteiger charge is -2.11. The van der Waals surface area contributed by atoms with Crippen LogP contribution in [0.5, 0.6) is 0 Å². The highest BCUT2D eigenvalue weighted by molar-refractivity contribution is 7.89. The fraction of sp³-hybridized carbons (Fsp3) is 0.417. The molecule has 1 aromatic carbocycles. The van der Waals surface area contributed by atoms with Crippen molar-refractivity contribution in [2.75, 3.05) is 26.8 Å². The summed E-state index contributed by atoms with van der Waals surface area (Å²) in [5.74, 6) is -0.404. The van der Waals surface area contributed by atoms with Gasteiger partial charge in [0.2, 0.25) is 15.9 Å². The number of halogens is 2. The Bertz CT molecular complexity index is 583. The van der Waals surface area contributed by atoms with Crippen LogP contribution in [0.3, 0.4) is 0 Å². The normalized spacial score (nSPS) is 12.3. The fourth-order valence-electron chi connectivity index (χ4n) is 1.47. The number of nitrogens with one attached hydrogen (secondary N) is 2. The zero-order valence-corrected chi connectivity index (χ0v) is 14.3. The maximum atomic E-state index is 11.9. The zero-order chi connectivity index (χ0) is 15.9. The van der Waals surface area contributed by atoms with Crippen LogP contribution in [0.1, 0.15) is 0 Å². The van der Waals surface area contributed by atoms with E-state index < -0.39 is 22.0 Å². The summed E-state index contributed by atoms with van der Waals surface area (Å²) in [5, 5.41) is 2.84. The van der Waals surface area contributed by atoms with Gasteiger partial charge in [-0.25, -0.2) is 13.1 Å². The smallest absolute Gasteiger partial charge is 0.240 e. The Balaban J connectivity index is 0.00000441. The Labute approximate surface area is 141 Å². The number of hydrogen-bond acceptors (Lipinski definition) is 5. The van der Waals surface area contributed by atoms with Crippen molar-refractivity contribution in [3.05, 3.63) is 29.3 Å². The van der Waals surface area contributed by atoms with Crippen molar-refractivity contribution >= 4 is 39.9 Å². The maximum absolute atomic E-state index is 11.9. The van der Waals surface area contributed by atoms with E-state index in [1.807, 2.05) is 0 Å². The SMILES string of the molecule is COCC(N)C(=O)NCCNS(=O)(=O)c1cccc(Cl)c1.Cl. The Morgan fingerprint density at radius 2 is 2.09 bits per heavy atom. The summed E-state index contributed by atoms with van der Waals surface area (Å²) in [7, 11) is -2.22. The van der Waals surface area contributed by atoms with E-state index in [9.17, 15) is 13.2 Å². The summed E-state index contributed by atoms with van der Waals surface area (Å²) in [5.41, 5.74) is 5.51. The quantitative estimate of drug-likeness (QED) is 0.562. The summed E-state index contributed by atoms with van der Waals surface area (Å²) in [6.45, 7) is 0.260. The largest absolute Gasteiger partial charge is 0.383 e. The first-order chi connectivity index (χ1) is 9.86. The number of rotatable bonds is 8. The number of methoxy groups -OCH3 is 1. The first kappa shape index (κ1) is 21.1. The number of carbonyl (C=O) groups is 1. The van der Waals surface area contributed by atoms with Crippen molar-refractivity contribution in [1.29, 1.82) is 0 Å². The number of carbonyl (C=O) groups excluding carboxylic acids is 1. The Kier molecular flexibility index (Phi) is 9.58. The second kappa shape index (κ2) is 9.98. The first-order valence-corrected chi connectivity index (χ1v) is 8.00. The molecule has 1 unspecified atom stereocenters. The number of hydrogen-bond donors (Lipinski definition) is 3. The molecule has 0 aliphatic heterocycles. The van der Waals surface area contributed by atoms with Gasteiger partial charge in [0, 0.05) is 25.2 Å². The second-order valence-corrected chi connectivity index (χ2v) is 6.41. The van der Waals surface area contributed by atoms with Gasteiger partial charge in [0.1, 0.15) is 6.04 Å². The number of sulfonamides is 1. The highest BCUT2D eigenvalue weighted by atomic mass is 35.5. The van der Waals surface area contributed by atoms with E-state index in [2.05, 4.69) is 10.0 Å². The van der Waals surface area contributed by atoms with E-state index >= 15 is 0 Å². The summed E-state index contributed by atoms with van der Waals surface area (Å²) in [6, 6.07) is 5.12. The first-order valence-electron chi connectivity index (χ1n) is 6.14. The summed E-state index contributed by atoms with van der Waals surface area (Å²) in [6.07, 6.45) is 0. The zero-order valence-electron chi connectivity index (χ0n) is 11.9. The van der Waals surface area contributed by atoms with Crippen LogP contribution in [0.2, 0.25) is 5.02 Å². The standard InChI is InChI=1S/C12H18ClN3O4S.ClH/c1-20-8-11(14)12(17)15-5-6-16-21(18,19)10-4-2-3-9(13)7-10;/h2-4,7,11,16H,5-6,8,14H2,1H3,(H,15,17);1H. The van der Waals surface area contributed by atoms with Crippen molar-refractivity contribution in [3.8, 4) is 0 Å². The number of amides is 1. The third-order valence-corrected chi connectivity index (χ3v) is 4.20. The molecule has 0 aliphatic rings. The molecule has 4 N–H and O–H groups in total. The third-order valence-electron chi connectivity index (χ3n) is 2.51. The average molecular weight is 372 g/mol. The maximum Gasteiger partial charge on any atom is 0.240 e. The van der Waals surface area contributed by atoms with Gasteiger partial charge in [0.15, 0.2) is 0 Å². The van der Waals surface area contributed by atoms with Gasteiger partial charge in [-0.1, -0.05) is 17.7 Å². The van der Waals surface area contributed by atoms with Crippen LogP contribution in [-0.2, 0) is 19.6 Å². The molecular formula is C12H19Cl2N3O4S. The number of ether oxygens (including phenoxy) is 1. The van der Waals surface area contributed by atoms with Gasteiger partial charge in [-0.15, -0.1) is 12.4 Å². The predicted octanol–water partition coefficient (Wildman–Crippen LogP) is 0.130. The van der Waals surface area contributed by atoms with Crippen molar-refractivity contribution in [3.63, 3.8) is 0 Å². The molecule has 0 heterocycles. The van der Waals surface area contributed by atoms with Gasteiger partial charge in [-0.3, -0.25) is 4.79 Å². The predicted molar refractivity (Wildman–Crippen MR) is 86.7 cm³/mol. The molecule has 1 rings (SSSR count). The lowest BCUT2D eigenvalue weighted by atomic mass is 10.3. The van der Waals surface area contributed by atoms with Crippen LogP contribution in [-0.4, -0.2) is 47.2 Å². The Hall–Kier alpha value is -0.900. The molecule has 0 aliphatic carbocycles. The van der Waals surface area contributed by atoms with E-state index in [-0.39, 0.29) is 37.0 Å². The minimum Gasteiger partial charge on any atom is -0.383 e. The number of benzene rings is 1. The van der Waals surface area contributed by atoms with Crippen molar-refractivity contribution in [2.24, 2.45) is 5.73 Å². The topological polar surface area (TPSA) is 111 Å². The van der Waals surface area contributed by atoms with Crippen LogP contribution in [0.4, 0.5) is 0 Å². The van der Waals surface area contributed by atoms with E-state index in [1.165, 1.54) is 19.2 Å². The molecule has 0 bridgehead atoms. The molecule has 0 aromatic heterocycles. The summed E-state index contributed by atoms with van der Waals surface area (Å²) < 4.78 is 31.0. The van der Waals surface area contributed by atoms with Crippen LogP contribution in [0, 0.1) is 0 Å². The summed E-state index contributed by atoms with van der Waals surface area (Å²) in [4.78, 5) is 11.5. The highest BCUT2D eigenvalue weighted by Gasteiger charge is 2.15. The lowest BCUT2D eigenvalue weighted by Crippen LogP contribution is -2.45. The highest BCUT2D eigenvalue weighted by Crippen LogP contribution is 2.14. The minimum atomic E-state index is -3.65. The Morgan fingerprint density at radius 3 is 2.68 bits per heavy atom. The van der Waals surface area contributed by atoms with E-state index in [0.29, 0.717) is 5.02 Å². The molecule has 0 fully saturated rings. The van der Waals surface area contributed by atoms with E-state index in [1.54, 1.807) is 12.1 Å². The van der Waals surface area contributed by atoms with E-state index in [4.69, 9.17) is 22.1 Å². The van der Waals surface area contributed by atoms with Crippen molar-refractivity contribution in [1.82, 2.24) is 10.0 Å². The molecule has 1 atom stereocenters. The molecule has 126 valence electrons. The monoisotopic (exact) mass is 371 g/mol. The Morgan fingerprint density at radius 1 is 1.41 bits per heavy atom. The van der Waals surface area contributed by atoms with Crippen LogP contribution < -0.4 is 15.8 Å². The fourth-order valence-corrected chi connectivity index (χ4v) is 2.81. The van der Waals surface area contributed by atoms with Crippen LogP contribution in [0.25, 0.3) is 0 Å². The molecule has 0 spiro atoms. The van der Waals surface area contributed by atoms with Gasteiger partial charge in [-0.05, 0) is 18.2 Å². The van der Waals surface area contributed by atoms with Crippen LogP contribution in [0.15, 0.2) is 29.2 Å².